The van der Waals surface area contributed by atoms with Gasteiger partial charge in [-0.3, -0.25) is 4.76 Å². The molecule has 1 N–H and O–H groups in total. The Hall–Kier alpha value is -3.31. The normalized spacial score (nSPS) is 14.4. The van der Waals surface area contributed by atoms with Gasteiger partial charge in [0.25, 0.3) is 0 Å². The molecule has 0 aromatic heterocycles. The number of allylic oxidation sites excluding steroid dienone is 4. The van der Waals surface area contributed by atoms with Crippen LogP contribution >= 0.6 is 16.1 Å². The molecule has 166 valence electrons. The summed E-state index contributed by atoms with van der Waals surface area (Å²) in [6, 6.07) is 42.8. The molecule has 0 heterocycles. The van der Waals surface area contributed by atoms with Gasteiger partial charge in [0.15, 0.2) is 0 Å². The van der Waals surface area contributed by atoms with Crippen LogP contribution in [0.25, 0.3) is 0 Å². The zero-order valence-electron chi connectivity index (χ0n) is 18.8. The molecule has 34 heavy (non-hydrogen) atoms. The Bertz CT molecular complexity index is 1210. The van der Waals surface area contributed by atoms with E-state index < -0.39 is 16.1 Å². The maximum absolute atomic E-state index is 5.30. The van der Waals surface area contributed by atoms with Crippen molar-refractivity contribution >= 4 is 43.1 Å². The van der Waals surface area contributed by atoms with E-state index in [2.05, 4.69) is 145 Å². The summed E-state index contributed by atoms with van der Waals surface area (Å²) in [6.45, 7) is 0. The van der Waals surface area contributed by atoms with Crippen molar-refractivity contribution in [3.63, 3.8) is 0 Å². The molecule has 2 nitrogen and oxygen atoms in total. The highest BCUT2D eigenvalue weighted by Crippen LogP contribution is 2.37. The van der Waals surface area contributed by atoms with Gasteiger partial charge in [-0.05, 0) is 12.2 Å². The first-order valence-electron chi connectivity index (χ1n) is 11.4. The number of hydrogen-bond donors (Lipinski definition) is 1. The third-order valence-corrected chi connectivity index (χ3v) is 9.64. The Morgan fingerprint density at radius 1 is 0.559 bits per heavy atom. The molecule has 1 aliphatic carbocycles. The summed E-state index contributed by atoms with van der Waals surface area (Å²) < 4.78 is 5.30. The van der Waals surface area contributed by atoms with Crippen LogP contribution < -0.4 is 26.3 Å². The van der Waals surface area contributed by atoms with Crippen molar-refractivity contribution in [2.45, 2.75) is 6.42 Å². The molecule has 0 fully saturated rings. The summed E-state index contributed by atoms with van der Waals surface area (Å²) in [6.07, 6.45) is 7.26. The van der Waals surface area contributed by atoms with E-state index in [0.29, 0.717) is 0 Å². The summed E-state index contributed by atoms with van der Waals surface area (Å²) in [5, 5.41) is 9.04. The minimum atomic E-state index is -0.814. The van der Waals surface area contributed by atoms with Gasteiger partial charge in [0.1, 0.15) is 0 Å². The molecule has 0 spiro atoms. The van der Waals surface area contributed by atoms with Gasteiger partial charge < -0.3 is 5.09 Å². The largest absolute Gasteiger partial charge is 0.360 e. The lowest BCUT2D eigenvalue weighted by Crippen LogP contribution is -2.24. The van der Waals surface area contributed by atoms with E-state index >= 15 is 0 Å². The van der Waals surface area contributed by atoms with Gasteiger partial charge in [0.2, 0.25) is 0 Å². The van der Waals surface area contributed by atoms with Crippen LogP contribution in [-0.4, -0.2) is 5.71 Å². The summed E-state index contributed by atoms with van der Waals surface area (Å²) in [5.41, 5.74) is 2.32. The van der Waals surface area contributed by atoms with Crippen LogP contribution in [0.1, 0.15) is 6.42 Å². The molecular formula is C30H26N2P2. The first kappa shape index (κ1) is 22.5. The lowest BCUT2D eigenvalue weighted by Gasteiger charge is -2.24. The second-order valence-electron chi connectivity index (χ2n) is 7.92. The molecule has 4 aromatic carbocycles. The second kappa shape index (κ2) is 11.2. The first-order valence-corrected chi connectivity index (χ1v) is 14.0. The van der Waals surface area contributed by atoms with Crippen LogP contribution in [0.4, 0.5) is 0 Å². The van der Waals surface area contributed by atoms with E-state index in [1.54, 1.807) is 0 Å². The highest BCUT2D eigenvalue weighted by Gasteiger charge is 2.18. The van der Waals surface area contributed by atoms with E-state index in [-0.39, 0.29) is 0 Å². The average molecular weight is 477 g/mol. The predicted octanol–water partition coefficient (Wildman–Crippen LogP) is 5.96. The van der Waals surface area contributed by atoms with Gasteiger partial charge in [-0.2, -0.15) is 0 Å². The molecule has 0 saturated heterocycles. The topological polar surface area (TPSA) is 24.4 Å². The van der Waals surface area contributed by atoms with Crippen LogP contribution in [-0.2, 0) is 0 Å². The standard InChI is InChI=1S/C30H26N2P2/c1-5-16-27(17-6-1)33(28-18-7-2-8-19-28)31-25-14-13-15-26(24-25)32-34(29-20-9-3-10-21-29)30-22-11-4-12-23-30/h1-23,31H,24H2/b32-26+. The molecule has 4 aromatic rings. The molecule has 0 atom stereocenters. The summed E-state index contributed by atoms with van der Waals surface area (Å²) in [7, 11) is -1.52. The van der Waals surface area contributed by atoms with Crippen molar-refractivity contribution in [3.05, 3.63) is 145 Å². The molecule has 0 unspecified atom stereocenters. The number of hydrogen-bond acceptors (Lipinski definition) is 2. The van der Waals surface area contributed by atoms with Gasteiger partial charge in [-0.1, -0.05) is 127 Å². The summed E-state index contributed by atoms with van der Waals surface area (Å²) >= 11 is 0. The van der Waals surface area contributed by atoms with E-state index in [4.69, 9.17) is 4.76 Å². The van der Waals surface area contributed by atoms with Gasteiger partial charge in [0.05, 0.1) is 16.1 Å². The Morgan fingerprint density at radius 2 is 1.00 bits per heavy atom. The third kappa shape index (κ3) is 5.60. The quantitative estimate of drug-likeness (QED) is 0.327. The summed E-state index contributed by atoms with van der Waals surface area (Å²) in [5.74, 6) is 0. The Balaban J connectivity index is 1.42. The lowest BCUT2D eigenvalue weighted by molar-refractivity contribution is 1.11. The monoisotopic (exact) mass is 476 g/mol. The SMILES string of the molecule is C1=C/C(=N\P(c2ccccc2)c2ccccc2)CC(NP(c2ccccc2)c2ccccc2)=C1. The van der Waals surface area contributed by atoms with Crippen LogP contribution in [0.2, 0.25) is 0 Å². The predicted molar refractivity (Wildman–Crippen MR) is 151 cm³/mol. The van der Waals surface area contributed by atoms with Crippen molar-refractivity contribution in [2.75, 3.05) is 0 Å². The average Bonchev–Trinajstić information content (AvgIpc) is 2.92. The highest BCUT2D eigenvalue weighted by molar-refractivity contribution is 7.72. The molecule has 0 aliphatic heterocycles. The van der Waals surface area contributed by atoms with Gasteiger partial charge in [0, 0.05) is 39.0 Å². The van der Waals surface area contributed by atoms with E-state index in [9.17, 15) is 0 Å². The molecule has 0 amide bonds. The molecule has 4 heteroatoms. The maximum atomic E-state index is 5.30. The zero-order chi connectivity index (χ0) is 23.0. The Kier molecular flexibility index (Phi) is 7.41. The fraction of sp³-hybridized carbons (Fsp3) is 0.0333. The maximum Gasteiger partial charge on any atom is 0.0783 e. The first-order chi connectivity index (χ1) is 16.9. The van der Waals surface area contributed by atoms with Crippen molar-refractivity contribution in [1.82, 2.24) is 5.09 Å². The van der Waals surface area contributed by atoms with Crippen molar-refractivity contribution in [2.24, 2.45) is 4.76 Å². The highest BCUT2D eigenvalue weighted by atomic mass is 31.1. The fourth-order valence-corrected chi connectivity index (χ4v) is 7.61. The second-order valence-corrected chi connectivity index (χ2v) is 11.7. The van der Waals surface area contributed by atoms with Crippen molar-refractivity contribution < 1.29 is 0 Å². The van der Waals surface area contributed by atoms with Crippen molar-refractivity contribution in [1.29, 1.82) is 0 Å². The summed E-state index contributed by atoms with van der Waals surface area (Å²) in [4.78, 5) is 0. The number of rotatable bonds is 7. The minimum absolute atomic E-state index is 0.703. The fourth-order valence-electron chi connectivity index (χ4n) is 3.84. The Labute approximate surface area is 204 Å². The number of nitrogens with one attached hydrogen (secondary N) is 1. The minimum Gasteiger partial charge on any atom is -0.360 e. The van der Waals surface area contributed by atoms with E-state index in [1.807, 2.05) is 0 Å². The smallest absolute Gasteiger partial charge is 0.0783 e. The molecule has 5 rings (SSSR count). The van der Waals surface area contributed by atoms with Crippen LogP contribution in [0.5, 0.6) is 0 Å². The van der Waals surface area contributed by atoms with Crippen molar-refractivity contribution in [3.8, 4) is 0 Å². The number of benzene rings is 4. The van der Waals surface area contributed by atoms with E-state index in [0.717, 1.165) is 12.1 Å². The molecule has 1 aliphatic rings. The third-order valence-electron chi connectivity index (χ3n) is 5.47. The number of nitrogens with zero attached hydrogens (tertiary/aromatic N) is 1. The lowest BCUT2D eigenvalue weighted by atomic mass is 10.1. The Morgan fingerprint density at radius 3 is 1.47 bits per heavy atom. The van der Waals surface area contributed by atoms with Crippen LogP contribution in [0.3, 0.4) is 0 Å². The molecule has 0 saturated carbocycles. The van der Waals surface area contributed by atoms with Gasteiger partial charge >= 0.3 is 0 Å². The van der Waals surface area contributed by atoms with E-state index in [1.165, 1.54) is 26.9 Å². The van der Waals surface area contributed by atoms with Gasteiger partial charge in [-0.25, -0.2) is 0 Å². The van der Waals surface area contributed by atoms with Crippen LogP contribution in [0, 0.1) is 0 Å². The molecule has 0 radical (unpaired) electrons. The molecular weight excluding hydrogens is 450 g/mol. The van der Waals surface area contributed by atoms with Crippen LogP contribution in [0.15, 0.2) is 150 Å². The zero-order valence-corrected chi connectivity index (χ0v) is 20.6. The molecule has 0 bridgehead atoms. The van der Waals surface area contributed by atoms with Gasteiger partial charge in [-0.15, -0.1) is 0 Å².